The minimum Gasteiger partial charge on any atom is -0.367 e. The summed E-state index contributed by atoms with van der Waals surface area (Å²) in [5.41, 5.74) is 1.37. The smallest absolute Gasteiger partial charge is 0.238 e. The molecule has 144 valence electrons. The summed E-state index contributed by atoms with van der Waals surface area (Å²) in [5.74, 6) is -1.46. The van der Waals surface area contributed by atoms with Crippen molar-refractivity contribution in [3.8, 4) is 11.1 Å². The largest absolute Gasteiger partial charge is 0.367 e. The Bertz CT molecular complexity index is 841. The van der Waals surface area contributed by atoms with Gasteiger partial charge in [-0.2, -0.15) is 0 Å². The first-order chi connectivity index (χ1) is 12.8. The number of amides is 1. The molecule has 0 unspecified atom stereocenters. The fourth-order valence-electron chi connectivity index (χ4n) is 3.27. The van der Waals surface area contributed by atoms with Gasteiger partial charge >= 0.3 is 0 Å². The summed E-state index contributed by atoms with van der Waals surface area (Å²) in [7, 11) is 3.51. The van der Waals surface area contributed by atoms with E-state index in [9.17, 15) is 18.0 Å². The molecule has 0 spiro atoms. The van der Waals surface area contributed by atoms with Crippen LogP contribution in [0.5, 0.6) is 0 Å². The number of nitrogens with one attached hydrogen (secondary N) is 1. The number of anilines is 2. The van der Waals surface area contributed by atoms with Crippen LogP contribution in [0.1, 0.15) is 6.42 Å². The lowest BCUT2D eigenvalue weighted by Crippen LogP contribution is -2.29. The van der Waals surface area contributed by atoms with E-state index in [0.717, 1.165) is 18.2 Å². The molecule has 0 saturated carbocycles. The van der Waals surface area contributed by atoms with Gasteiger partial charge in [-0.25, -0.2) is 13.2 Å². The summed E-state index contributed by atoms with van der Waals surface area (Å²) < 4.78 is 41.8. The Kier molecular flexibility index (Phi) is 5.70. The molecule has 27 heavy (non-hydrogen) atoms. The number of carbonyl (C=O) groups is 1. The van der Waals surface area contributed by atoms with Gasteiger partial charge in [-0.1, -0.05) is 12.1 Å². The van der Waals surface area contributed by atoms with Crippen molar-refractivity contribution < 1.29 is 18.0 Å². The van der Waals surface area contributed by atoms with E-state index in [4.69, 9.17) is 0 Å². The summed E-state index contributed by atoms with van der Waals surface area (Å²) in [6.45, 7) is 0.823. The number of carbonyl (C=O) groups excluding carboxylic acids is 1. The average molecular weight is 377 g/mol. The lowest BCUT2D eigenvalue weighted by atomic mass is 10.0. The van der Waals surface area contributed by atoms with Gasteiger partial charge < -0.3 is 15.1 Å². The highest BCUT2D eigenvalue weighted by atomic mass is 19.1. The van der Waals surface area contributed by atoms with Crippen LogP contribution in [0.2, 0.25) is 0 Å². The van der Waals surface area contributed by atoms with Gasteiger partial charge in [0.2, 0.25) is 5.91 Å². The van der Waals surface area contributed by atoms with Gasteiger partial charge in [0.25, 0.3) is 0 Å². The predicted octanol–water partition coefficient (Wildman–Crippen LogP) is 3.68. The Labute approximate surface area is 156 Å². The maximum atomic E-state index is 14.4. The molecule has 7 heteroatoms. The second-order valence-electron chi connectivity index (χ2n) is 6.94. The fourth-order valence-corrected chi connectivity index (χ4v) is 3.27. The Hall–Kier alpha value is -2.54. The van der Waals surface area contributed by atoms with Gasteiger partial charge in [0.1, 0.15) is 17.8 Å². The zero-order chi connectivity index (χ0) is 19.6. The topological polar surface area (TPSA) is 35.6 Å². The van der Waals surface area contributed by atoms with Crippen molar-refractivity contribution in [3.05, 3.63) is 48.0 Å². The number of nitrogens with zero attached hydrogens (tertiary/aromatic N) is 2. The Morgan fingerprint density at radius 3 is 2.67 bits per heavy atom. The van der Waals surface area contributed by atoms with E-state index < -0.39 is 17.8 Å². The molecule has 2 aromatic carbocycles. The van der Waals surface area contributed by atoms with Crippen LogP contribution in [0, 0.1) is 11.6 Å². The van der Waals surface area contributed by atoms with Crippen LogP contribution >= 0.6 is 0 Å². The number of rotatable bonds is 5. The third-order valence-electron chi connectivity index (χ3n) is 4.46. The number of alkyl halides is 1. The highest BCUT2D eigenvalue weighted by Crippen LogP contribution is 2.39. The molecule has 0 aliphatic carbocycles. The minimum absolute atomic E-state index is 0.0491. The highest BCUT2D eigenvalue weighted by Gasteiger charge is 2.26. The van der Waals surface area contributed by atoms with E-state index in [2.05, 4.69) is 5.32 Å². The molecule has 1 atom stereocenters. The summed E-state index contributed by atoms with van der Waals surface area (Å²) in [6.07, 6.45) is -0.561. The van der Waals surface area contributed by atoms with Crippen LogP contribution in [-0.2, 0) is 4.79 Å². The number of likely N-dealkylation sites (N-methyl/N-ethyl adjacent to an activating group) is 1. The molecule has 1 aliphatic heterocycles. The molecule has 1 fully saturated rings. The van der Waals surface area contributed by atoms with Crippen molar-refractivity contribution in [1.82, 2.24) is 4.90 Å². The van der Waals surface area contributed by atoms with Crippen molar-refractivity contribution in [2.45, 2.75) is 12.6 Å². The van der Waals surface area contributed by atoms with E-state index in [1.807, 2.05) is 4.90 Å². The zero-order valence-corrected chi connectivity index (χ0v) is 15.3. The minimum atomic E-state index is -0.954. The molecule has 1 saturated heterocycles. The SMILES string of the molecule is CN(C)CC(=O)Nc1c(-c2cc(F)ccc2F)cccc1N1CC[C@H](F)C1. The van der Waals surface area contributed by atoms with Crippen molar-refractivity contribution in [2.75, 3.05) is 43.9 Å². The third-order valence-corrected chi connectivity index (χ3v) is 4.46. The highest BCUT2D eigenvalue weighted by molar-refractivity contribution is 6.01. The molecule has 0 aromatic heterocycles. The third kappa shape index (κ3) is 4.42. The molecule has 4 nitrogen and oxygen atoms in total. The van der Waals surface area contributed by atoms with E-state index in [1.54, 1.807) is 37.2 Å². The van der Waals surface area contributed by atoms with Crippen LogP contribution < -0.4 is 10.2 Å². The van der Waals surface area contributed by atoms with Gasteiger partial charge in [-0.05, 0) is 44.8 Å². The summed E-state index contributed by atoms with van der Waals surface area (Å²) >= 11 is 0. The lowest BCUT2D eigenvalue weighted by Gasteiger charge is -2.24. The standard InChI is InChI=1S/C20H22F3N3O/c1-25(2)12-19(27)24-20-15(16-10-13(21)6-7-17(16)23)4-3-5-18(20)26-9-8-14(22)11-26/h3-7,10,14H,8-9,11-12H2,1-2H3,(H,24,27)/t14-/m0/s1. The van der Waals surface area contributed by atoms with E-state index in [0.29, 0.717) is 29.9 Å². The quantitative estimate of drug-likeness (QED) is 0.864. The van der Waals surface area contributed by atoms with Gasteiger partial charge in [0, 0.05) is 24.2 Å². The molecule has 2 aromatic rings. The maximum absolute atomic E-state index is 14.4. The summed E-state index contributed by atoms with van der Waals surface area (Å²) in [5, 5.41) is 2.81. The molecule has 1 amide bonds. The first-order valence-electron chi connectivity index (χ1n) is 8.77. The normalized spacial score (nSPS) is 16.8. The number of halogens is 3. The zero-order valence-electron chi connectivity index (χ0n) is 15.3. The number of benzene rings is 2. The Morgan fingerprint density at radius 1 is 1.22 bits per heavy atom. The van der Waals surface area contributed by atoms with E-state index >= 15 is 0 Å². The molecule has 1 N–H and O–H groups in total. The van der Waals surface area contributed by atoms with E-state index in [1.165, 1.54) is 0 Å². The van der Waals surface area contributed by atoms with Crippen molar-refractivity contribution in [2.24, 2.45) is 0 Å². The second kappa shape index (κ2) is 8.00. The van der Waals surface area contributed by atoms with Crippen LogP contribution in [0.15, 0.2) is 36.4 Å². The van der Waals surface area contributed by atoms with Crippen molar-refractivity contribution in [3.63, 3.8) is 0 Å². The molecule has 1 heterocycles. The van der Waals surface area contributed by atoms with Gasteiger partial charge in [0.15, 0.2) is 0 Å². The van der Waals surface area contributed by atoms with E-state index in [-0.39, 0.29) is 24.6 Å². The fraction of sp³-hybridized carbons (Fsp3) is 0.350. The Morgan fingerprint density at radius 2 is 2.00 bits per heavy atom. The monoisotopic (exact) mass is 377 g/mol. The second-order valence-corrected chi connectivity index (χ2v) is 6.94. The lowest BCUT2D eigenvalue weighted by molar-refractivity contribution is -0.116. The molecule has 0 bridgehead atoms. The Balaban J connectivity index is 2.09. The van der Waals surface area contributed by atoms with Crippen LogP contribution in [-0.4, -0.2) is 50.7 Å². The van der Waals surface area contributed by atoms with Gasteiger partial charge in [-0.15, -0.1) is 0 Å². The van der Waals surface area contributed by atoms with Gasteiger partial charge in [0.05, 0.1) is 17.9 Å². The van der Waals surface area contributed by atoms with Crippen LogP contribution in [0.25, 0.3) is 11.1 Å². The summed E-state index contributed by atoms with van der Waals surface area (Å²) in [6, 6.07) is 8.26. The molecule has 1 aliphatic rings. The van der Waals surface area contributed by atoms with Crippen molar-refractivity contribution >= 4 is 17.3 Å². The first-order valence-corrected chi connectivity index (χ1v) is 8.77. The molecule has 3 rings (SSSR count). The molecule has 0 radical (unpaired) electrons. The molecular weight excluding hydrogens is 355 g/mol. The van der Waals surface area contributed by atoms with Crippen LogP contribution in [0.4, 0.5) is 24.5 Å². The summed E-state index contributed by atoms with van der Waals surface area (Å²) in [4.78, 5) is 15.9. The molecular formula is C20H22F3N3O. The number of hydrogen-bond donors (Lipinski definition) is 1. The van der Waals surface area contributed by atoms with Crippen molar-refractivity contribution in [1.29, 1.82) is 0 Å². The van der Waals surface area contributed by atoms with Crippen LogP contribution in [0.3, 0.4) is 0 Å². The van der Waals surface area contributed by atoms with Gasteiger partial charge in [-0.3, -0.25) is 4.79 Å². The predicted molar refractivity (Wildman–Crippen MR) is 101 cm³/mol. The number of para-hydroxylation sites is 1. The average Bonchev–Trinajstić information content (AvgIpc) is 3.03. The number of hydrogen-bond acceptors (Lipinski definition) is 3. The first kappa shape index (κ1) is 19.2. The maximum Gasteiger partial charge on any atom is 0.238 e.